The molecule has 6 aliphatic rings. The molecule has 36 heavy (non-hydrogen) atoms. The van der Waals surface area contributed by atoms with Crippen molar-refractivity contribution in [2.75, 3.05) is 26.4 Å². The highest BCUT2D eigenvalue weighted by Gasteiger charge is 2.77. The van der Waals surface area contributed by atoms with Crippen LogP contribution in [0.1, 0.15) is 25.0 Å². The zero-order valence-electron chi connectivity index (χ0n) is 19.5. The summed E-state index contributed by atoms with van der Waals surface area (Å²) in [6, 6.07) is 9.84. The van der Waals surface area contributed by atoms with Gasteiger partial charge >= 0.3 is 23.9 Å². The topological polar surface area (TPSA) is 124 Å². The maximum Gasteiger partial charge on any atom is 0.344 e. The first-order valence-corrected chi connectivity index (χ1v) is 11.5. The second-order valence-corrected chi connectivity index (χ2v) is 9.61. The number of fused-ring (bicyclic) bond motifs is 2. The highest BCUT2D eigenvalue weighted by atomic mass is 16.6. The lowest BCUT2D eigenvalue weighted by molar-refractivity contribution is -0.184. The van der Waals surface area contributed by atoms with Gasteiger partial charge in [-0.05, 0) is 12.1 Å². The van der Waals surface area contributed by atoms with E-state index in [9.17, 15) is 19.2 Å². The van der Waals surface area contributed by atoms with Gasteiger partial charge in [0.25, 0.3) is 0 Å². The average Bonchev–Trinajstić information content (AvgIpc) is 2.82. The molecule has 5 heterocycles. The molecule has 10 nitrogen and oxygen atoms in total. The maximum absolute atomic E-state index is 13.3. The van der Waals surface area contributed by atoms with Crippen LogP contribution in [-0.4, -0.2) is 50.3 Å². The summed E-state index contributed by atoms with van der Waals surface area (Å²) in [4.78, 5) is 50.7. The van der Waals surface area contributed by atoms with E-state index in [4.69, 9.17) is 28.4 Å². The zero-order chi connectivity index (χ0) is 25.2. The third-order valence-corrected chi connectivity index (χ3v) is 7.68. The first kappa shape index (κ1) is 22.4. The molecular formula is C26H22O10. The minimum atomic E-state index is -0.872. The lowest BCUT2D eigenvalue weighted by Gasteiger charge is -2.66. The van der Waals surface area contributed by atoms with Crippen LogP contribution in [0.4, 0.5) is 0 Å². The molecule has 1 aliphatic carbocycles. The molecule has 0 saturated heterocycles. The van der Waals surface area contributed by atoms with Gasteiger partial charge in [-0.1, -0.05) is 26.0 Å². The summed E-state index contributed by atoms with van der Waals surface area (Å²) in [5, 5.41) is 0. The molecule has 10 bridgehead atoms. The first-order valence-electron chi connectivity index (χ1n) is 11.5. The van der Waals surface area contributed by atoms with Crippen LogP contribution in [0.5, 0.6) is 23.0 Å². The monoisotopic (exact) mass is 494 g/mol. The van der Waals surface area contributed by atoms with Crippen LogP contribution in [0.3, 0.4) is 0 Å². The SMILES string of the molecule is CC12c3ccc4cc3OC(=O)C1C1(C)c3ccc(cc3OC(=O)C21)OCC(=O)OCCOC(=O)CO4. The Morgan fingerprint density at radius 2 is 1.06 bits per heavy atom. The van der Waals surface area contributed by atoms with Gasteiger partial charge in [0.1, 0.15) is 36.2 Å². The van der Waals surface area contributed by atoms with Gasteiger partial charge in [0.2, 0.25) is 0 Å². The summed E-state index contributed by atoms with van der Waals surface area (Å²) in [6.07, 6.45) is 0. The predicted octanol–water partition coefficient (Wildman–Crippen LogP) is 1.84. The fourth-order valence-electron chi connectivity index (χ4n) is 6.34. The van der Waals surface area contributed by atoms with Gasteiger partial charge in [0.05, 0.1) is 11.8 Å². The van der Waals surface area contributed by atoms with Crippen LogP contribution < -0.4 is 18.9 Å². The van der Waals surface area contributed by atoms with Crippen LogP contribution in [0.15, 0.2) is 36.4 Å². The highest BCUT2D eigenvalue weighted by Crippen LogP contribution is 2.71. The fourth-order valence-corrected chi connectivity index (χ4v) is 6.34. The first-order chi connectivity index (χ1) is 17.2. The van der Waals surface area contributed by atoms with Crippen LogP contribution >= 0.6 is 0 Å². The van der Waals surface area contributed by atoms with Crippen LogP contribution in [0.2, 0.25) is 0 Å². The normalized spacial score (nSPS) is 30.7. The molecule has 5 aliphatic heterocycles. The van der Waals surface area contributed by atoms with Crippen molar-refractivity contribution in [1.29, 1.82) is 0 Å². The second-order valence-electron chi connectivity index (χ2n) is 9.61. The Balaban J connectivity index is 1.44. The molecule has 186 valence electrons. The van der Waals surface area contributed by atoms with Crippen molar-refractivity contribution in [3.8, 4) is 23.0 Å². The molecular weight excluding hydrogens is 472 g/mol. The van der Waals surface area contributed by atoms with E-state index in [1.54, 1.807) is 24.3 Å². The molecule has 1 fully saturated rings. The minimum absolute atomic E-state index is 0.149. The molecule has 0 radical (unpaired) electrons. The number of carbonyl (C=O) groups is 4. The van der Waals surface area contributed by atoms with E-state index in [2.05, 4.69) is 0 Å². The summed E-state index contributed by atoms with van der Waals surface area (Å²) in [6.45, 7) is 2.65. The van der Waals surface area contributed by atoms with Gasteiger partial charge in [-0.3, -0.25) is 9.59 Å². The van der Waals surface area contributed by atoms with Gasteiger partial charge in [0, 0.05) is 34.1 Å². The number of esters is 4. The molecule has 0 unspecified atom stereocenters. The van der Waals surface area contributed by atoms with Gasteiger partial charge in [-0.15, -0.1) is 0 Å². The van der Waals surface area contributed by atoms with E-state index in [1.165, 1.54) is 12.1 Å². The number of ether oxygens (including phenoxy) is 6. The predicted molar refractivity (Wildman–Crippen MR) is 119 cm³/mol. The maximum atomic E-state index is 13.3. The Labute approximate surface area is 205 Å². The van der Waals surface area contributed by atoms with E-state index >= 15 is 0 Å². The summed E-state index contributed by atoms with van der Waals surface area (Å²) < 4.78 is 32.5. The zero-order valence-corrected chi connectivity index (χ0v) is 19.5. The van der Waals surface area contributed by atoms with Crippen molar-refractivity contribution < 1.29 is 47.6 Å². The van der Waals surface area contributed by atoms with Crippen LogP contribution in [0.25, 0.3) is 0 Å². The highest BCUT2D eigenvalue weighted by molar-refractivity contribution is 5.94. The molecule has 0 amide bonds. The number of benzene rings is 2. The fraction of sp³-hybridized carbons (Fsp3) is 0.385. The van der Waals surface area contributed by atoms with Crippen molar-refractivity contribution >= 4 is 23.9 Å². The average molecular weight is 494 g/mol. The summed E-state index contributed by atoms with van der Waals surface area (Å²) in [5.74, 6) is -2.42. The molecule has 2 aromatic rings. The Morgan fingerprint density at radius 3 is 1.47 bits per heavy atom. The third-order valence-electron chi connectivity index (χ3n) is 7.68. The standard InChI is InChI=1S/C26H22O10/c1-25-15-5-3-13-9-17(15)35-23(29)21(25)26(2)16-6-4-14(10-18(16)36-24(30)22(25)26)34-12-20(28)32-8-7-31-19(27)11-33-13/h3-6,9-10,21-22H,7-8,11-12H2,1-2H3. The van der Waals surface area contributed by atoms with E-state index < -0.39 is 59.8 Å². The van der Waals surface area contributed by atoms with Crippen LogP contribution in [-0.2, 0) is 39.5 Å². The third kappa shape index (κ3) is 3.03. The lowest BCUT2D eigenvalue weighted by atomic mass is 9.35. The Kier molecular flexibility index (Phi) is 4.79. The molecule has 10 heteroatoms. The number of rotatable bonds is 0. The Bertz CT molecular complexity index is 1220. The minimum Gasteiger partial charge on any atom is -0.482 e. The molecule has 8 rings (SSSR count). The Morgan fingerprint density at radius 1 is 0.639 bits per heavy atom. The van der Waals surface area contributed by atoms with Gasteiger partial charge in [-0.25, -0.2) is 9.59 Å². The quantitative estimate of drug-likeness (QED) is 0.396. The van der Waals surface area contributed by atoms with E-state index in [0.717, 1.165) is 0 Å². The second kappa shape index (κ2) is 7.71. The largest absolute Gasteiger partial charge is 0.482 e. The van der Waals surface area contributed by atoms with Crippen LogP contribution in [0, 0.1) is 11.8 Å². The lowest BCUT2D eigenvalue weighted by Crippen LogP contribution is -2.75. The Hall–Kier alpha value is -4.08. The summed E-state index contributed by atoms with van der Waals surface area (Å²) >= 11 is 0. The van der Waals surface area contributed by atoms with Gasteiger partial charge < -0.3 is 28.4 Å². The smallest absolute Gasteiger partial charge is 0.344 e. The van der Waals surface area contributed by atoms with Crippen molar-refractivity contribution in [3.63, 3.8) is 0 Å². The molecule has 2 aromatic carbocycles. The van der Waals surface area contributed by atoms with Gasteiger partial charge in [-0.2, -0.15) is 0 Å². The molecule has 0 atom stereocenters. The van der Waals surface area contributed by atoms with Gasteiger partial charge in [0.15, 0.2) is 13.2 Å². The van der Waals surface area contributed by atoms with Crippen molar-refractivity contribution in [2.45, 2.75) is 24.7 Å². The summed E-state index contributed by atoms with van der Waals surface area (Å²) in [7, 11) is 0. The number of carbonyl (C=O) groups excluding carboxylic acids is 4. The molecule has 0 spiro atoms. The van der Waals surface area contributed by atoms with Crippen molar-refractivity contribution in [2.24, 2.45) is 11.8 Å². The molecule has 0 N–H and O–H groups in total. The number of hydrogen-bond donors (Lipinski definition) is 0. The molecule has 1 saturated carbocycles. The van der Waals surface area contributed by atoms with E-state index in [1.807, 2.05) is 13.8 Å². The number of hydrogen-bond acceptors (Lipinski definition) is 10. The van der Waals surface area contributed by atoms with E-state index in [0.29, 0.717) is 22.6 Å². The van der Waals surface area contributed by atoms with Crippen molar-refractivity contribution in [1.82, 2.24) is 0 Å². The van der Waals surface area contributed by atoms with Crippen molar-refractivity contribution in [3.05, 3.63) is 47.5 Å². The van der Waals surface area contributed by atoms with E-state index in [-0.39, 0.29) is 24.7 Å². The molecule has 0 aromatic heterocycles. The summed E-state index contributed by atoms with van der Waals surface area (Å²) in [5.41, 5.74) is -0.370.